The number of hydrogen-bond donors (Lipinski definition) is 0. The molecule has 0 amide bonds. The Bertz CT molecular complexity index is 1530. The number of pyridine rings is 2. The molecule has 4 aromatic rings. The van der Waals surface area contributed by atoms with Crippen molar-refractivity contribution in [1.29, 1.82) is 0 Å². The lowest BCUT2D eigenvalue weighted by atomic mass is 9.89. The van der Waals surface area contributed by atoms with E-state index in [1.807, 2.05) is 0 Å². The quantitative estimate of drug-likeness (QED) is 0.0940. The fraction of sp³-hybridized carbons (Fsp3) is 0.148. The zero-order valence-corrected chi connectivity index (χ0v) is 20.3. The number of ether oxygens (including phenoxy) is 2. The second-order valence-electron chi connectivity index (χ2n) is 8.34. The van der Waals surface area contributed by atoms with Crippen molar-refractivity contribution >= 4 is 11.5 Å². The van der Waals surface area contributed by atoms with E-state index < -0.39 is 58.4 Å². The molecule has 0 bridgehead atoms. The molecule has 0 fully saturated rings. The molecular formula is C27H18F5N3O5. The van der Waals surface area contributed by atoms with Crippen molar-refractivity contribution < 1.29 is 41.1 Å². The van der Waals surface area contributed by atoms with Crippen molar-refractivity contribution in [3.05, 3.63) is 123 Å². The average Bonchev–Trinajstić information content (AvgIpc) is 2.91. The first kappa shape index (κ1) is 28.1. The number of Topliss-reactive ketones (excluding diaryl/α,β-unsaturated/α-hetero) is 1. The number of carbonyl (C=O) groups is 1. The first-order valence-corrected chi connectivity index (χ1v) is 11.5. The second kappa shape index (κ2) is 11.8. The number of rotatable bonds is 10. The van der Waals surface area contributed by atoms with Gasteiger partial charge in [-0.15, -0.1) is 13.2 Å². The number of nitro groups is 1. The summed E-state index contributed by atoms with van der Waals surface area (Å²) in [6.07, 6.45) is -4.48. The molecule has 0 N–H and O–H groups in total. The molecule has 1 atom stereocenters. The summed E-state index contributed by atoms with van der Waals surface area (Å²) in [6, 6.07) is 15.6. The Morgan fingerprint density at radius 3 is 2.38 bits per heavy atom. The second-order valence-corrected chi connectivity index (χ2v) is 8.34. The number of ketones is 1. The Morgan fingerprint density at radius 1 is 0.975 bits per heavy atom. The summed E-state index contributed by atoms with van der Waals surface area (Å²) in [7, 11) is 0. The molecule has 0 aliphatic carbocycles. The van der Waals surface area contributed by atoms with Gasteiger partial charge in [0, 0.05) is 24.6 Å². The zero-order valence-electron chi connectivity index (χ0n) is 20.3. The van der Waals surface area contributed by atoms with Crippen LogP contribution in [0.15, 0.2) is 79.0 Å². The summed E-state index contributed by atoms with van der Waals surface area (Å²) in [6.45, 7) is -0.0836. The number of nitrogens with zero attached hydrogens (tertiary/aromatic N) is 3. The van der Waals surface area contributed by atoms with Gasteiger partial charge in [0.1, 0.15) is 18.1 Å². The monoisotopic (exact) mass is 559 g/mol. The molecule has 0 aliphatic rings. The lowest BCUT2D eigenvalue weighted by Crippen LogP contribution is -2.18. The van der Waals surface area contributed by atoms with Gasteiger partial charge in [0.15, 0.2) is 17.3 Å². The van der Waals surface area contributed by atoms with Crippen LogP contribution in [0.4, 0.5) is 27.6 Å². The SMILES string of the molecule is O=C(C[C@@H](c1ccc(OC(F)(F)F)c(F)c1)c1ncccc1F)c1ccc([N+](=O)[O-])c(OCc2ccccc2)n1. The van der Waals surface area contributed by atoms with Crippen LogP contribution in [0.1, 0.15) is 39.6 Å². The van der Waals surface area contributed by atoms with E-state index in [1.54, 1.807) is 30.3 Å². The van der Waals surface area contributed by atoms with Crippen molar-refractivity contribution in [3.63, 3.8) is 0 Å². The zero-order chi connectivity index (χ0) is 28.9. The maximum absolute atomic E-state index is 14.7. The number of benzene rings is 2. The number of halogens is 5. The van der Waals surface area contributed by atoms with Gasteiger partial charge in [0.2, 0.25) is 0 Å². The summed E-state index contributed by atoms with van der Waals surface area (Å²) in [5.41, 5.74) is -0.432. The van der Waals surface area contributed by atoms with Crippen LogP contribution in [0.3, 0.4) is 0 Å². The predicted molar refractivity (Wildman–Crippen MR) is 130 cm³/mol. The largest absolute Gasteiger partial charge is 0.573 e. The van der Waals surface area contributed by atoms with Crippen LogP contribution in [0, 0.1) is 21.7 Å². The van der Waals surface area contributed by atoms with E-state index in [-0.39, 0.29) is 23.6 Å². The van der Waals surface area contributed by atoms with E-state index >= 15 is 0 Å². The van der Waals surface area contributed by atoms with E-state index in [4.69, 9.17) is 4.74 Å². The maximum Gasteiger partial charge on any atom is 0.573 e. The van der Waals surface area contributed by atoms with Gasteiger partial charge in [-0.2, -0.15) is 0 Å². The molecule has 8 nitrogen and oxygen atoms in total. The van der Waals surface area contributed by atoms with E-state index in [0.717, 1.165) is 24.3 Å². The number of hydrogen-bond acceptors (Lipinski definition) is 7. The van der Waals surface area contributed by atoms with Gasteiger partial charge in [-0.3, -0.25) is 19.9 Å². The first-order chi connectivity index (χ1) is 19.0. The third-order valence-electron chi connectivity index (χ3n) is 5.63. The molecule has 0 radical (unpaired) electrons. The summed E-state index contributed by atoms with van der Waals surface area (Å²) >= 11 is 0. The molecule has 13 heteroatoms. The highest BCUT2D eigenvalue weighted by molar-refractivity contribution is 5.95. The van der Waals surface area contributed by atoms with E-state index in [1.165, 1.54) is 12.3 Å². The molecule has 0 saturated heterocycles. The fourth-order valence-electron chi connectivity index (χ4n) is 3.82. The summed E-state index contributed by atoms with van der Waals surface area (Å²) < 4.78 is 76.0. The van der Waals surface area contributed by atoms with Crippen LogP contribution in [-0.4, -0.2) is 27.0 Å². The summed E-state index contributed by atoms with van der Waals surface area (Å²) in [4.78, 5) is 31.9. The van der Waals surface area contributed by atoms with Crippen LogP contribution < -0.4 is 9.47 Å². The Labute approximate surface area is 223 Å². The van der Waals surface area contributed by atoms with Crippen molar-refractivity contribution in [2.24, 2.45) is 0 Å². The van der Waals surface area contributed by atoms with Crippen molar-refractivity contribution in [2.45, 2.75) is 25.3 Å². The van der Waals surface area contributed by atoms with Crippen molar-refractivity contribution in [2.75, 3.05) is 0 Å². The summed E-state index contributed by atoms with van der Waals surface area (Å²) in [5.74, 6) is -5.78. The molecule has 0 saturated carbocycles. The Kier molecular flexibility index (Phi) is 8.31. The first-order valence-electron chi connectivity index (χ1n) is 11.5. The molecule has 206 valence electrons. The minimum absolute atomic E-state index is 0.0690. The van der Waals surface area contributed by atoms with Crippen LogP contribution >= 0.6 is 0 Å². The lowest BCUT2D eigenvalue weighted by molar-refractivity contribution is -0.386. The van der Waals surface area contributed by atoms with Crippen molar-refractivity contribution in [3.8, 4) is 11.6 Å². The minimum atomic E-state index is -5.15. The van der Waals surface area contributed by atoms with Crippen molar-refractivity contribution in [1.82, 2.24) is 9.97 Å². The smallest absolute Gasteiger partial charge is 0.468 e. The van der Waals surface area contributed by atoms with Crippen LogP contribution in [0.5, 0.6) is 11.6 Å². The highest BCUT2D eigenvalue weighted by Gasteiger charge is 2.33. The standard InChI is InChI=1S/C27H18F5N3O5/c28-19-7-4-12-33-25(19)18(17-8-11-24(20(29)13-17)40-27(30,31)32)14-23(36)21-9-10-22(35(37)38)26(34-21)39-15-16-5-2-1-3-6-16/h1-13,18H,14-15H2/t18-/m0/s1. The van der Waals surface area contributed by atoms with Gasteiger partial charge >= 0.3 is 12.0 Å². The highest BCUT2D eigenvalue weighted by atomic mass is 19.4. The Balaban J connectivity index is 1.66. The van der Waals surface area contributed by atoms with E-state index in [9.17, 15) is 36.9 Å². The number of aromatic nitrogens is 2. The van der Waals surface area contributed by atoms with Crippen LogP contribution in [0.25, 0.3) is 0 Å². The normalized spacial score (nSPS) is 12.0. The number of carbonyl (C=O) groups excluding carboxylic acids is 1. The molecule has 40 heavy (non-hydrogen) atoms. The Morgan fingerprint density at radius 2 is 1.73 bits per heavy atom. The fourth-order valence-corrected chi connectivity index (χ4v) is 3.82. The van der Waals surface area contributed by atoms with E-state index in [2.05, 4.69) is 14.7 Å². The molecular weight excluding hydrogens is 541 g/mol. The molecule has 2 aromatic carbocycles. The van der Waals surface area contributed by atoms with Crippen LogP contribution in [-0.2, 0) is 6.61 Å². The molecule has 2 aromatic heterocycles. The van der Waals surface area contributed by atoms with E-state index in [0.29, 0.717) is 17.7 Å². The van der Waals surface area contributed by atoms with Gasteiger partial charge in [-0.05, 0) is 41.5 Å². The number of alkyl halides is 3. The third-order valence-corrected chi connectivity index (χ3v) is 5.63. The van der Waals surface area contributed by atoms with Gasteiger partial charge in [0.25, 0.3) is 5.88 Å². The van der Waals surface area contributed by atoms with Crippen LogP contribution in [0.2, 0.25) is 0 Å². The average molecular weight is 559 g/mol. The molecule has 0 aliphatic heterocycles. The molecule has 0 spiro atoms. The minimum Gasteiger partial charge on any atom is -0.468 e. The Hall–Kier alpha value is -4.94. The maximum atomic E-state index is 14.7. The van der Waals surface area contributed by atoms with Gasteiger partial charge in [-0.1, -0.05) is 36.4 Å². The topological polar surface area (TPSA) is 104 Å². The van der Waals surface area contributed by atoms with Gasteiger partial charge in [-0.25, -0.2) is 13.8 Å². The lowest BCUT2D eigenvalue weighted by Gasteiger charge is -2.18. The predicted octanol–water partition coefficient (Wildman–Crippen LogP) is 6.55. The van der Waals surface area contributed by atoms with Gasteiger partial charge < -0.3 is 9.47 Å². The highest BCUT2D eigenvalue weighted by Crippen LogP contribution is 2.34. The third kappa shape index (κ3) is 6.92. The van der Waals surface area contributed by atoms with Gasteiger partial charge in [0.05, 0.1) is 10.6 Å². The molecule has 0 unspecified atom stereocenters. The molecule has 2 heterocycles. The summed E-state index contributed by atoms with van der Waals surface area (Å²) in [5, 5.41) is 11.5. The molecule has 4 rings (SSSR count).